The Kier molecular flexibility index (Phi) is 5.84. The molecule has 2 aromatic carbocycles. The van der Waals surface area contributed by atoms with Crippen LogP contribution >= 0.6 is 0 Å². The van der Waals surface area contributed by atoms with Crippen molar-refractivity contribution in [3.8, 4) is 5.75 Å². The molecule has 0 aliphatic carbocycles. The first kappa shape index (κ1) is 18.1. The van der Waals surface area contributed by atoms with Gasteiger partial charge >= 0.3 is 11.9 Å². The molecule has 0 aliphatic heterocycles. The minimum atomic E-state index is -1.66. The maximum Gasteiger partial charge on any atom is 0.463 e. The highest BCUT2D eigenvalue weighted by Gasteiger charge is 2.39. The van der Waals surface area contributed by atoms with E-state index in [2.05, 4.69) is 0 Å². The second-order valence-corrected chi connectivity index (χ2v) is 5.29. The van der Waals surface area contributed by atoms with E-state index >= 15 is 0 Å². The number of carbonyl (C=O) groups excluding carboxylic acids is 2. The molecule has 0 aromatic heterocycles. The van der Waals surface area contributed by atoms with E-state index in [9.17, 15) is 19.7 Å². The van der Waals surface area contributed by atoms with Crippen LogP contribution in [-0.2, 0) is 14.3 Å². The molecule has 1 amide bonds. The van der Waals surface area contributed by atoms with Crippen molar-refractivity contribution in [2.75, 3.05) is 7.11 Å². The highest BCUT2D eigenvalue weighted by Crippen LogP contribution is 2.26. The fourth-order valence-corrected chi connectivity index (χ4v) is 2.34. The summed E-state index contributed by atoms with van der Waals surface area (Å²) in [6.45, 7) is 1.63. The number of hydrogen-bond donors (Lipinski definition) is 0. The van der Waals surface area contributed by atoms with Gasteiger partial charge in [0.05, 0.1) is 7.11 Å². The predicted octanol–water partition coefficient (Wildman–Crippen LogP) is 2.89. The Morgan fingerprint density at radius 3 is 2.28 bits per heavy atom. The van der Waals surface area contributed by atoms with Crippen LogP contribution in [0.3, 0.4) is 0 Å². The number of nitro groups is 1. The average molecular weight is 343 g/mol. The second kappa shape index (κ2) is 8.05. The van der Waals surface area contributed by atoms with Crippen LogP contribution in [0.4, 0.5) is 0 Å². The van der Waals surface area contributed by atoms with Crippen LogP contribution in [0, 0.1) is 10.1 Å². The van der Waals surface area contributed by atoms with Crippen LogP contribution in [0.5, 0.6) is 5.75 Å². The standard InChI is InChI=1S/C18H17NO6/c1-12(13-7-4-3-5-8-13)25-18(21)16(17(20)19(22)23)14-9-6-10-15(11-14)24-2/h3-12,16H,1-2H3. The molecule has 0 radical (unpaired) electrons. The van der Waals surface area contributed by atoms with E-state index in [0.717, 1.165) is 0 Å². The molecule has 2 atom stereocenters. The van der Waals surface area contributed by atoms with Gasteiger partial charge in [0.2, 0.25) is 5.92 Å². The zero-order valence-electron chi connectivity index (χ0n) is 13.7. The molecule has 2 unspecified atom stereocenters. The predicted molar refractivity (Wildman–Crippen MR) is 88.7 cm³/mol. The number of methoxy groups -OCH3 is 1. The largest absolute Gasteiger partial charge is 0.497 e. The van der Waals surface area contributed by atoms with Crippen LogP contribution < -0.4 is 4.74 Å². The molecule has 0 spiro atoms. The number of esters is 1. The summed E-state index contributed by atoms with van der Waals surface area (Å²) < 4.78 is 10.3. The lowest BCUT2D eigenvalue weighted by atomic mass is 9.98. The summed E-state index contributed by atoms with van der Waals surface area (Å²) in [5, 5.41) is 10.9. The maximum atomic E-state index is 12.5. The van der Waals surface area contributed by atoms with E-state index in [-0.39, 0.29) is 5.56 Å². The highest BCUT2D eigenvalue weighted by atomic mass is 16.6. The van der Waals surface area contributed by atoms with E-state index in [1.165, 1.54) is 19.2 Å². The molecule has 0 N–H and O–H groups in total. The monoisotopic (exact) mass is 343 g/mol. The topological polar surface area (TPSA) is 95.7 Å². The highest BCUT2D eigenvalue weighted by molar-refractivity contribution is 6.00. The molecule has 7 heteroatoms. The van der Waals surface area contributed by atoms with Crippen molar-refractivity contribution in [3.05, 3.63) is 75.8 Å². The Morgan fingerprint density at radius 2 is 1.68 bits per heavy atom. The third kappa shape index (κ3) is 4.41. The van der Waals surface area contributed by atoms with E-state index in [0.29, 0.717) is 11.3 Å². The van der Waals surface area contributed by atoms with Crippen molar-refractivity contribution in [2.45, 2.75) is 18.9 Å². The molecule has 2 aromatic rings. The first-order chi connectivity index (χ1) is 11.9. The third-order valence-corrected chi connectivity index (χ3v) is 3.65. The van der Waals surface area contributed by atoms with Gasteiger partial charge in [-0.25, -0.2) is 4.79 Å². The molecule has 0 aliphatic rings. The Labute approximate surface area is 144 Å². The quantitative estimate of drug-likeness (QED) is 0.346. The van der Waals surface area contributed by atoms with E-state index in [4.69, 9.17) is 9.47 Å². The fraction of sp³-hybridized carbons (Fsp3) is 0.222. The minimum absolute atomic E-state index is 0.145. The Hall–Kier alpha value is -3.22. The van der Waals surface area contributed by atoms with Crippen LogP contribution in [0.15, 0.2) is 54.6 Å². The molecule has 25 heavy (non-hydrogen) atoms. The average Bonchev–Trinajstić information content (AvgIpc) is 2.62. The van der Waals surface area contributed by atoms with Crippen molar-refractivity contribution < 1.29 is 24.0 Å². The van der Waals surface area contributed by atoms with Crippen molar-refractivity contribution in [2.24, 2.45) is 0 Å². The zero-order chi connectivity index (χ0) is 18.4. The first-order valence-electron chi connectivity index (χ1n) is 7.51. The molecular weight excluding hydrogens is 326 g/mol. The summed E-state index contributed by atoms with van der Waals surface area (Å²) in [5.74, 6) is -3.70. The number of nitrogens with zero attached hydrogens (tertiary/aromatic N) is 1. The summed E-state index contributed by atoms with van der Waals surface area (Å²) >= 11 is 0. The summed E-state index contributed by atoms with van der Waals surface area (Å²) in [6, 6.07) is 14.9. The molecule has 0 bridgehead atoms. The molecule has 2 rings (SSSR count). The zero-order valence-corrected chi connectivity index (χ0v) is 13.7. The van der Waals surface area contributed by atoms with E-state index < -0.39 is 28.8 Å². The van der Waals surface area contributed by atoms with Gasteiger partial charge in [0, 0.05) is 0 Å². The third-order valence-electron chi connectivity index (χ3n) is 3.65. The molecule has 0 saturated heterocycles. The van der Waals surface area contributed by atoms with Gasteiger partial charge in [0.15, 0.2) is 0 Å². The van der Waals surface area contributed by atoms with Crippen LogP contribution in [0.1, 0.15) is 30.1 Å². The van der Waals surface area contributed by atoms with E-state index in [1.54, 1.807) is 43.3 Å². The van der Waals surface area contributed by atoms with Gasteiger partial charge in [-0.15, -0.1) is 0 Å². The molecule has 130 valence electrons. The van der Waals surface area contributed by atoms with Gasteiger partial charge in [0.1, 0.15) is 16.8 Å². The minimum Gasteiger partial charge on any atom is -0.497 e. The fourth-order valence-electron chi connectivity index (χ4n) is 2.34. The molecular formula is C18H17NO6. The number of amides is 1. The number of rotatable bonds is 6. The maximum absolute atomic E-state index is 12.5. The lowest BCUT2D eigenvalue weighted by molar-refractivity contribution is -0.403. The number of ether oxygens (including phenoxy) is 2. The van der Waals surface area contributed by atoms with Gasteiger partial charge in [-0.3, -0.25) is 14.9 Å². The second-order valence-electron chi connectivity index (χ2n) is 5.29. The smallest absolute Gasteiger partial charge is 0.463 e. The number of hydrogen-bond acceptors (Lipinski definition) is 6. The van der Waals surface area contributed by atoms with Crippen molar-refractivity contribution in [1.82, 2.24) is 0 Å². The van der Waals surface area contributed by atoms with Crippen molar-refractivity contribution in [1.29, 1.82) is 0 Å². The van der Waals surface area contributed by atoms with Crippen LogP contribution in [-0.4, -0.2) is 23.9 Å². The Bertz CT molecular complexity index is 774. The summed E-state index contributed by atoms with van der Waals surface area (Å²) in [6.07, 6.45) is -0.652. The Balaban J connectivity index is 2.30. The lowest BCUT2D eigenvalue weighted by Gasteiger charge is -2.17. The summed E-state index contributed by atoms with van der Waals surface area (Å²) in [7, 11) is 1.42. The van der Waals surface area contributed by atoms with Crippen molar-refractivity contribution in [3.63, 3.8) is 0 Å². The van der Waals surface area contributed by atoms with Crippen LogP contribution in [0.2, 0.25) is 0 Å². The number of carbonyl (C=O) groups is 2. The van der Waals surface area contributed by atoms with Gasteiger partial charge in [-0.05, 0) is 30.2 Å². The van der Waals surface area contributed by atoms with Crippen LogP contribution in [0.25, 0.3) is 0 Å². The molecule has 7 nitrogen and oxygen atoms in total. The van der Waals surface area contributed by atoms with Crippen molar-refractivity contribution >= 4 is 11.9 Å². The SMILES string of the molecule is COc1cccc(C(C(=O)OC(C)c2ccccc2)C(=O)[N+](=O)[O-])c1. The van der Waals surface area contributed by atoms with Gasteiger partial charge in [-0.1, -0.05) is 42.5 Å². The summed E-state index contributed by atoms with van der Waals surface area (Å²) in [5.41, 5.74) is 0.861. The molecule has 0 fully saturated rings. The van der Waals surface area contributed by atoms with Gasteiger partial charge in [-0.2, -0.15) is 0 Å². The molecule has 0 saturated carbocycles. The normalized spacial score (nSPS) is 12.7. The van der Waals surface area contributed by atoms with Gasteiger partial charge in [0.25, 0.3) is 0 Å². The van der Waals surface area contributed by atoms with Gasteiger partial charge < -0.3 is 9.47 Å². The first-order valence-corrected chi connectivity index (χ1v) is 7.51. The Morgan fingerprint density at radius 1 is 1.04 bits per heavy atom. The number of benzene rings is 2. The molecule has 0 heterocycles. The summed E-state index contributed by atoms with van der Waals surface area (Å²) in [4.78, 5) is 34.3. The lowest BCUT2D eigenvalue weighted by Crippen LogP contribution is -2.30. The van der Waals surface area contributed by atoms with E-state index in [1.807, 2.05) is 6.07 Å².